The van der Waals surface area contributed by atoms with Crippen LogP contribution in [0.25, 0.3) is 0 Å². The van der Waals surface area contributed by atoms with Crippen LogP contribution >= 0.6 is 11.3 Å². The smallest absolute Gasteiger partial charge is 0.120 e. The maximum Gasteiger partial charge on any atom is 0.120 e. The Balaban J connectivity index is 1.64. The summed E-state index contributed by atoms with van der Waals surface area (Å²) in [5.74, 6) is 0.580. The molecule has 1 fully saturated rings. The van der Waals surface area contributed by atoms with E-state index in [1.807, 2.05) is 19.1 Å². The van der Waals surface area contributed by atoms with Crippen LogP contribution in [0.1, 0.15) is 28.8 Å². The third-order valence-electron chi connectivity index (χ3n) is 3.64. The highest BCUT2D eigenvalue weighted by atomic mass is 32.1. The highest BCUT2D eigenvalue weighted by Gasteiger charge is 2.23. The zero-order valence-electron chi connectivity index (χ0n) is 11.0. The van der Waals surface area contributed by atoms with Crippen molar-refractivity contribution < 1.29 is 0 Å². The van der Waals surface area contributed by atoms with Gasteiger partial charge in [-0.05, 0) is 44.0 Å². The number of rotatable bonds is 2. The van der Waals surface area contributed by atoms with Crippen LogP contribution in [0.4, 0.5) is 11.4 Å². The number of nitrogens with zero attached hydrogens (tertiary/aromatic N) is 3. The molecule has 0 radical (unpaired) electrons. The van der Waals surface area contributed by atoms with E-state index in [9.17, 15) is 0 Å². The summed E-state index contributed by atoms with van der Waals surface area (Å²) >= 11 is 1.74. The molecule has 4 nitrogen and oxygen atoms in total. The van der Waals surface area contributed by atoms with Gasteiger partial charge in [0.05, 0.1) is 0 Å². The maximum atomic E-state index is 5.72. The van der Waals surface area contributed by atoms with Gasteiger partial charge in [-0.1, -0.05) is 0 Å². The van der Waals surface area contributed by atoms with Crippen LogP contribution in [0.5, 0.6) is 0 Å². The molecule has 2 aromatic rings. The van der Waals surface area contributed by atoms with E-state index in [1.165, 1.54) is 10.7 Å². The summed E-state index contributed by atoms with van der Waals surface area (Å²) in [4.78, 5) is 2.42. The second-order valence-corrected chi connectivity index (χ2v) is 6.23. The van der Waals surface area contributed by atoms with E-state index in [-0.39, 0.29) is 0 Å². The minimum atomic E-state index is 0.580. The van der Waals surface area contributed by atoms with E-state index in [2.05, 4.69) is 27.2 Å². The van der Waals surface area contributed by atoms with Gasteiger partial charge in [-0.25, -0.2) is 0 Å². The van der Waals surface area contributed by atoms with Gasteiger partial charge in [-0.15, -0.1) is 21.5 Å². The molecule has 0 spiro atoms. The molecule has 1 aliphatic heterocycles. The number of hydrogen-bond donors (Lipinski definition) is 1. The SMILES string of the molecule is Cc1nnc(C2CCN(c3ccc(N)cc3)CC2)s1. The third kappa shape index (κ3) is 2.71. The largest absolute Gasteiger partial charge is 0.399 e. The van der Waals surface area contributed by atoms with Gasteiger partial charge in [0.1, 0.15) is 10.0 Å². The monoisotopic (exact) mass is 274 g/mol. The molecule has 0 bridgehead atoms. The topological polar surface area (TPSA) is 55.0 Å². The second-order valence-electron chi connectivity index (χ2n) is 5.01. The number of nitrogen functional groups attached to an aromatic ring is 1. The molecule has 1 saturated heterocycles. The maximum absolute atomic E-state index is 5.72. The van der Waals surface area contributed by atoms with Gasteiger partial charge in [-0.3, -0.25) is 0 Å². The molecule has 19 heavy (non-hydrogen) atoms. The first-order valence-electron chi connectivity index (χ1n) is 6.63. The highest BCUT2D eigenvalue weighted by molar-refractivity contribution is 7.11. The second kappa shape index (κ2) is 5.17. The predicted octanol–water partition coefficient (Wildman–Crippen LogP) is 2.81. The van der Waals surface area contributed by atoms with Crippen molar-refractivity contribution in [2.24, 2.45) is 0 Å². The van der Waals surface area contributed by atoms with Crippen molar-refractivity contribution in [3.63, 3.8) is 0 Å². The predicted molar refractivity (Wildman–Crippen MR) is 79.7 cm³/mol. The van der Waals surface area contributed by atoms with Crippen molar-refractivity contribution in [2.45, 2.75) is 25.7 Å². The van der Waals surface area contributed by atoms with Crippen LogP contribution in [0, 0.1) is 6.92 Å². The molecular weight excluding hydrogens is 256 g/mol. The Morgan fingerprint density at radius 2 is 1.84 bits per heavy atom. The molecule has 0 amide bonds. The first-order valence-corrected chi connectivity index (χ1v) is 7.44. The minimum absolute atomic E-state index is 0.580. The Morgan fingerprint density at radius 3 is 2.42 bits per heavy atom. The van der Waals surface area contributed by atoms with E-state index in [0.29, 0.717) is 5.92 Å². The Bertz CT molecular complexity index is 541. The Hall–Kier alpha value is -1.62. The molecule has 2 N–H and O–H groups in total. The fraction of sp³-hybridized carbons (Fsp3) is 0.429. The van der Waals surface area contributed by atoms with E-state index in [0.717, 1.165) is 36.6 Å². The lowest BCUT2D eigenvalue weighted by Crippen LogP contribution is -2.32. The van der Waals surface area contributed by atoms with Crippen molar-refractivity contribution in [1.29, 1.82) is 0 Å². The molecule has 5 heteroatoms. The number of hydrogen-bond acceptors (Lipinski definition) is 5. The first kappa shape index (κ1) is 12.4. The summed E-state index contributed by atoms with van der Waals surface area (Å²) in [7, 11) is 0. The van der Waals surface area contributed by atoms with E-state index in [1.54, 1.807) is 11.3 Å². The van der Waals surface area contributed by atoms with Crippen LogP contribution in [0.15, 0.2) is 24.3 Å². The summed E-state index contributed by atoms with van der Waals surface area (Å²) in [6.45, 7) is 4.17. The van der Waals surface area contributed by atoms with Crippen LogP contribution in [0.2, 0.25) is 0 Å². The van der Waals surface area contributed by atoms with Gasteiger partial charge in [-0.2, -0.15) is 0 Å². The average Bonchev–Trinajstić information content (AvgIpc) is 2.87. The molecule has 1 aromatic heterocycles. The lowest BCUT2D eigenvalue weighted by molar-refractivity contribution is 0.501. The molecule has 0 atom stereocenters. The molecule has 2 heterocycles. The van der Waals surface area contributed by atoms with Gasteiger partial charge in [0.2, 0.25) is 0 Å². The summed E-state index contributed by atoms with van der Waals surface area (Å²) in [5, 5.41) is 10.7. The quantitative estimate of drug-likeness (QED) is 0.856. The number of aromatic nitrogens is 2. The summed E-state index contributed by atoms with van der Waals surface area (Å²) in [6, 6.07) is 8.14. The molecular formula is C14H18N4S. The van der Waals surface area contributed by atoms with Gasteiger partial charge in [0.15, 0.2) is 0 Å². The minimum Gasteiger partial charge on any atom is -0.399 e. The van der Waals surface area contributed by atoms with Gasteiger partial charge < -0.3 is 10.6 Å². The molecule has 0 unspecified atom stereocenters. The van der Waals surface area contributed by atoms with Gasteiger partial charge in [0, 0.05) is 30.4 Å². The van der Waals surface area contributed by atoms with E-state index in [4.69, 9.17) is 5.73 Å². The molecule has 0 aliphatic carbocycles. The lowest BCUT2D eigenvalue weighted by Gasteiger charge is -2.32. The van der Waals surface area contributed by atoms with E-state index < -0.39 is 0 Å². The van der Waals surface area contributed by atoms with Crippen LogP contribution in [-0.4, -0.2) is 23.3 Å². The molecule has 3 rings (SSSR count). The molecule has 1 aromatic carbocycles. The van der Waals surface area contributed by atoms with Crippen molar-refractivity contribution in [2.75, 3.05) is 23.7 Å². The number of piperidine rings is 1. The normalized spacial score (nSPS) is 16.8. The molecule has 0 saturated carbocycles. The zero-order valence-corrected chi connectivity index (χ0v) is 11.9. The van der Waals surface area contributed by atoms with Gasteiger partial charge >= 0.3 is 0 Å². The Labute approximate surface area is 117 Å². The Morgan fingerprint density at radius 1 is 1.16 bits per heavy atom. The lowest BCUT2D eigenvalue weighted by atomic mass is 9.97. The number of benzene rings is 1. The van der Waals surface area contributed by atoms with Crippen molar-refractivity contribution in [1.82, 2.24) is 10.2 Å². The summed E-state index contributed by atoms with van der Waals surface area (Å²) in [6.07, 6.45) is 2.30. The van der Waals surface area contributed by atoms with Crippen LogP contribution < -0.4 is 10.6 Å². The number of nitrogens with two attached hydrogens (primary N) is 1. The molecule has 100 valence electrons. The third-order valence-corrected chi connectivity index (χ3v) is 4.65. The van der Waals surface area contributed by atoms with Crippen molar-refractivity contribution in [3.8, 4) is 0 Å². The summed E-state index contributed by atoms with van der Waals surface area (Å²) < 4.78 is 0. The summed E-state index contributed by atoms with van der Waals surface area (Å²) in [5.41, 5.74) is 7.81. The van der Waals surface area contributed by atoms with Crippen LogP contribution in [0.3, 0.4) is 0 Å². The van der Waals surface area contributed by atoms with Gasteiger partial charge in [0.25, 0.3) is 0 Å². The highest BCUT2D eigenvalue weighted by Crippen LogP contribution is 2.32. The standard InChI is InChI=1S/C14H18N4S/c1-10-16-17-14(19-10)11-6-8-18(9-7-11)13-4-2-12(15)3-5-13/h2-5,11H,6-9,15H2,1H3. The van der Waals surface area contributed by atoms with Crippen molar-refractivity contribution >= 4 is 22.7 Å². The van der Waals surface area contributed by atoms with Crippen molar-refractivity contribution in [3.05, 3.63) is 34.3 Å². The average molecular weight is 274 g/mol. The number of anilines is 2. The number of aryl methyl sites for hydroxylation is 1. The molecule has 1 aliphatic rings. The first-order chi connectivity index (χ1) is 9.22. The fourth-order valence-electron chi connectivity index (χ4n) is 2.55. The fourth-order valence-corrected chi connectivity index (χ4v) is 3.41. The zero-order chi connectivity index (χ0) is 13.2. The van der Waals surface area contributed by atoms with E-state index >= 15 is 0 Å². The Kier molecular flexibility index (Phi) is 3.38. The van der Waals surface area contributed by atoms with Crippen LogP contribution in [-0.2, 0) is 0 Å².